The summed E-state index contributed by atoms with van der Waals surface area (Å²) in [5.74, 6) is 1.01. The molecule has 2 heterocycles. The molecule has 0 aliphatic carbocycles. The Morgan fingerprint density at radius 1 is 1.13 bits per heavy atom. The van der Waals surface area contributed by atoms with Crippen molar-refractivity contribution in [3.8, 4) is 0 Å². The van der Waals surface area contributed by atoms with E-state index in [0.717, 1.165) is 12.0 Å². The summed E-state index contributed by atoms with van der Waals surface area (Å²) < 4.78 is 0. The van der Waals surface area contributed by atoms with E-state index in [0.29, 0.717) is 0 Å². The van der Waals surface area contributed by atoms with E-state index in [-0.39, 0.29) is 0 Å². The van der Waals surface area contributed by atoms with Crippen molar-refractivity contribution in [3.63, 3.8) is 0 Å². The van der Waals surface area contributed by atoms with E-state index in [2.05, 4.69) is 17.1 Å². The number of hydrogen-bond donors (Lipinski definition) is 1. The quantitative estimate of drug-likeness (QED) is 0.752. The lowest BCUT2D eigenvalue weighted by molar-refractivity contribution is 0.170. The normalized spacial score (nSPS) is 35.0. The van der Waals surface area contributed by atoms with Gasteiger partial charge in [-0.1, -0.05) is 13.3 Å². The summed E-state index contributed by atoms with van der Waals surface area (Å²) in [6.07, 6.45) is 8.51. The van der Waals surface area contributed by atoms with Crippen molar-refractivity contribution in [1.29, 1.82) is 0 Å². The van der Waals surface area contributed by atoms with E-state index in [9.17, 15) is 0 Å². The summed E-state index contributed by atoms with van der Waals surface area (Å²) in [6, 6.07) is 0.842. The molecule has 2 rings (SSSR count). The molecule has 2 fully saturated rings. The molecule has 0 saturated carbocycles. The lowest BCUT2D eigenvalue weighted by Crippen LogP contribution is -2.46. The summed E-state index contributed by atoms with van der Waals surface area (Å²) in [4.78, 5) is 2.75. The van der Waals surface area contributed by atoms with Crippen LogP contribution in [0.3, 0.4) is 0 Å². The second-order valence-electron chi connectivity index (χ2n) is 5.24. The first-order valence-corrected chi connectivity index (χ1v) is 6.85. The van der Waals surface area contributed by atoms with Crippen molar-refractivity contribution in [2.24, 2.45) is 5.92 Å². The van der Waals surface area contributed by atoms with Gasteiger partial charge in [0.25, 0.3) is 0 Å². The van der Waals surface area contributed by atoms with Gasteiger partial charge >= 0.3 is 0 Å². The molecule has 2 aliphatic heterocycles. The minimum absolute atomic E-state index is 0.842. The Labute approximate surface area is 94.4 Å². The third-order valence-electron chi connectivity index (χ3n) is 4.25. The molecule has 0 aromatic rings. The fraction of sp³-hybridized carbons (Fsp3) is 1.00. The molecule has 2 heteroatoms. The van der Waals surface area contributed by atoms with Crippen LogP contribution in [0.2, 0.25) is 0 Å². The van der Waals surface area contributed by atoms with Crippen LogP contribution in [-0.2, 0) is 0 Å². The first-order valence-electron chi connectivity index (χ1n) is 6.85. The van der Waals surface area contributed by atoms with Crippen LogP contribution in [0.5, 0.6) is 0 Å². The number of hydrogen-bond acceptors (Lipinski definition) is 2. The van der Waals surface area contributed by atoms with E-state index < -0.39 is 0 Å². The molecule has 0 bridgehead atoms. The molecular formula is C13H26N2. The Kier molecular flexibility index (Phi) is 4.45. The van der Waals surface area contributed by atoms with Gasteiger partial charge in [-0.3, -0.25) is 4.90 Å². The van der Waals surface area contributed by atoms with E-state index in [4.69, 9.17) is 0 Å². The van der Waals surface area contributed by atoms with Gasteiger partial charge < -0.3 is 5.32 Å². The molecule has 0 spiro atoms. The molecule has 2 unspecified atom stereocenters. The maximum absolute atomic E-state index is 3.54. The van der Waals surface area contributed by atoms with E-state index in [1.54, 1.807) is 0 Å². The van der Waals surface area contributed by atoms with Gasteiger partial charge in [-0.05, 0) is 57.7 Å². The van der Waals surface area contributed by atoms with Crippen molar-refractivity contribution in [1.82, 2.24) is 10.2 Å². The van der Waals surface area contributed by atoms with E-state index in [1.165, 1.54) is 64.7 Å². The zero-order chi connectivity index (χ0) is 10.5. The topological polar surface area (TPSA) is 15.3 Å². The molecule has 88 valence electrons. The average molecular weight is 210 g/mol. The molecule has 0 aromatic heterocycles. The highest BCUT2D eigenvalue weighted by molar-refractivity contribution is 4.80. The molecule has 0 radical (unpaired) electrons. The smallest absolute Gasteiger partial charge is 0.0221 e. The first kappa shape index (κ1) is 11.4. The molecule has 2 saturated heterocycles. The van der Waals surface area contributed by atoms with Gasteiger partial charge in [0.2, 0.25) is 0 Å². The SMILES string of the molecule is CCC1CCCN(C2CCCNC2)CC1. The summed E-state index contributed by atoms with van der Waals surface area (Å²) in [5.41, 5.74) is 0. The fourth-order valence-electron chi connectivity index (χ4n) is 3.11. The molecule has 0 aromatic carbocycles. The second-order valence-corrected chi connectivity index (χ2v) is 5.24. The maximum atomic E-state index is 3.54. The van der Waals surface area contributed by atoms with Gasteiger partial charge in [0.05, 0.1) is 0 Å². The predicted octanol–water partition coefficient (Wildman–Crippen LogP) is 2.25. The molecular weight excluding hydrogens is 184 g/mol. The van der Waals surface area contributed by atoms with Gasteiger partial charge in [0, 0.05) is 12.6 Å². The zero-order valence-electron chi connectivity index (χ0n) is 10.2. The van der Waals surface area contributed by atoms with Crippen molar-refractivity contribution in [3.05, 3.63) is 0 Å². The van der Waals surface area contributed by atoms with Gasteiger partial charge in [0.1, 0.15) is 0 Å². The number of piperidine rings is 1. The van der Waals surface area contributed by atoms with Crippen LogP contribution in [-0.4, -0.2) is 37.1 Å². The van der Waals surface area contributed by atoms with Crippen LogP contribution >= 0.6 is 0 Å². The third-order valence-corrected chi connectivity index (χ3v) is 4.25. The van der Waals surface area contributed by atoms with Crippen LogP contribution in [0.15, 0.2) is 0 Å². The van der Waals surface area contributed by atoms with Crippen LogP contribution in [0.1, 0.15) is 45.4 Å². The fourth-order valence-corrected chi connectivity index (χ4v) is 3.11. The number of rotatable bonds is 2. The zero-order valence-corrected chi connectivity index (χ0v) is 10.2. The maximum Gasteiger partial charge on any atom is 0.0221 e. The lowest BCUT2D eigenvalue weighted by atomic mass is 9.98. The van der Waals surface area contributed by atoms with Crippen LogP contribution in [0.25, 0.3) is 0 Å². The van der Waals surface area contributed by atoms with Crippen molar-refractivity contribution in [2.45, 2.75) is 51.5 Å². The highest BCUT2D eigenvalue weighted by Crippen LogP contribution is 2.22. The number of likely N-dealkylation sites (tertiary alicyclic amines) is 1. The predicted molar refractivity (Wildman–Crippen MR) is 65.1 cm³/mol. The van der Waals surface area contributed by atoms with Crippen molar-refractivity contribution in [2.75, 3.05) is 26.2 Å². The lowest BCUT2D eigenvalue weighted by Gasteiger charge is -2.33. The Balaban J connectivity index is 1.81. The second kappa shape index (κ2) is 5.86. The summed E-state index contributed by atoms with van der Waals surface area (Å²) in [5, 5.41) is 3.54. The highest BCUT2D eigenvalue weighted by Gasteiger charge is 2.23. The average Bonchev–Trinajstić information content (AvgIpc) is 2.55. The van der Waals surface area contributed by atoms with Crippen molar-refractivity contribution >= 4 is 0 Å². The summed E-state index contributed by atoms with van der Waals surface area (Å²) >= 11 is 0. The largest absolute Gasteiger partial charge is 0.315 e. The molecule has 15 heavy (non-hydrogen) atoms. The van der Waals surface area contributed by atoms with Crippen molar-refractivity contribution < 1.29 is 0 Å². The summed E-state index contributed by atoms with van der Waals surface area (Å²) in [6.45, 7) is 7.52. The monoisotopic (exact) mass is 210 g/mol. The molecule has 0 amide bonds. The Bertz CT molecular complexity index is 175. The minimum Gasteiger partial charge on any atom is -0.315 e. The minimum atomic E-state index is 0.842. The van der Waals surface area contributed by atoms with Gasteiger partial charge in [-0.2, -0.15) is 0 Å². The molecule has 2 aliphatic rings. The van der Waals surface area contributed by atoms with Crippen LogP contribution < -0.4 is 5.32 Å². The molecule has 2 atom stereocenters. The molecule has 1 N–H and O–H groups in total. The molecule has 2 nitrogen and oxygen atoms in total. The van der Waals surface area contributed by atoms with Gasteiger partial charge in [-0.15, -0.1) is 0 Å². The third kappa shape index (κ3) is 3.18. The highest BCUT2D eigenvalue weighted by atomic mass is 15.2. The van der Waals surface area contributed by atoms with Gasteiger partial charge in [0.15, 0.2) is 0 Å². The standard InChI is InChI=1S/C13H26N2/c1-2-12-5-4-9-15(10-7-12)13-6-3-8-14-11-13/h12-14H,2-11H2,1H3. The Morgan fingerprint density at radius 3 is 2.80 bits per heavy atom. The first-order chi connectivity index (χ1) is 7.40. The van der Waals surface area contributed by atoms with E-state index >= 15 is 0 Å². The van der Waals surface area contributed by atoms with Crippen LogP contribution in [0, 0.1) is 5.92 Å². The van der Waals surface area contributed by atoms with Gasteiger partial charge in [-0.25, -0.2) is 0 Å². The Hall–Kier alpha value is -0.0800. The number of nitrogens with one attached hydrogen (secondary N) is 1. The summed E-state index contributed by atoms with van der Waals surface area (Å²) in [7, 11) is 0. The number of nitrogens with zero attached hydrogens (tertiary/aromatic N) is 1. The van der Waals surface area contributed by atoms with Crippen LogP contribution in [0.4, 0.5) is 0 Å². The van der Waals surface area contributed by atoms with E-state index in [1.807, 2.05) is 0 Å². The Morgan fingerprint density at radius 2 is 2.07 bits per heavy atom.